The number of guanidine groups is 1. The number of aryl methyl sites for hydroxylation is 1. The molecule has 1 aliphatic carbocycles. The molecule has 2 fully saturated rings. The topological polar surface area (TPSA) is 58.5 Å². The minimum absolute atomic E-state index is 0.167. The van der Waals surface area contributed by atoms with Crippen molar-refractivity contribution in [2.75, 3.05) is 20.2 Å². The van der Waals surface area contributed by atoms with Gasteiger partial charge in [-0.25, -0.2) is 0 Å². The summed E-state index contributed by atoms with van der Waals surface area (Å²) in [6.07, 6.45) is 6.29. The van der Waals surface area contributed by atoms with Crippen LogP contribution in [0.25, 0.3) is 0 Å². The quantitative estimate of drug-likeness (QED) is 0.658. The van der Waals surface area contributed by atoms with Crippen LogP contribution in [0, 0.1) is 18.3 Å². The molecule has 0 amide bonds. The monoisotopic (exact) mass is 316 g/mol. The summed E-state index contributed by atoms with van der Waals surface area (Å²) >= 11 is 0. The van der Waals surface area contributed by atoms with Crippen molar-refractivity contribution in [1.82, 2.24) is 15.6 Å². The lowest BCUT2D eigenvalue weighted by Gasteiger charge is -2.54. The maximum Gasteiger partial charge on any atom is 0.191 e. The molecule has 5 nitrogen and oxygen atoms in total. The van der Waals surface area contributed by atoms with Gasteiger partial charge < -0.3 is 15.4 Å². The Bertz CT molecular complexity index is 584. The number of hydrogen-bond acceptors (Lipinski definition) is 3. The van der Waals surface area contributed by atoms with E-state index in [1.165, 1.54) is 11.1 Å². The third-order valence-corrected chi connectivity index (χ3v) is 5.44. The van der Waals surface area contributed by atoms with Crippen LogP contribution in [-0.4, -0.2) is 43.3 Å². The van der Waals surface area contributed by atoms with E-state index in [9.17, 15) is 0 Å². The van der Waals surface area contributed by atoms with Crippen molar-refractivity contribution in [3.05, 3.63) is 29.6 Å². The molecule has 1 saturated heterocycles. The number of pyridine rings is 1. The lowest BCUT2D eigenvalue weighted by molar-refractivity contribution is -0.106. The lowest BCUT2D eigenvalue weighted by atomic mass is 9.57. The van der Waals surface area contributed by atoms with Gasteiger partial charge in [0.1, 0.15) is 0 Å². The van der Waals surface area contributed by atoms with Gasteiger partial charge in [-0.05, 0) is 37.0 Å². The number of aromatic nitrogens is 1. The molecule has 23 heavy (non-hydrogen) atoms. The van der Waals surface area contributed by atoms with E-state index < -0.39 is 0 Å². The second-order valence-electron chi connectivity index (χ2n) is 7.24. The third-order valence-electron chi connectivity index (χ3n) is 5.44. The van der Waals surface area contributed by atoms with Gasteiger partial charge in [0, 0.05) is 50.0 Å². The number of nitrogens with zero attached hydrogens (tertiary/aromatic N) is 2. The summed E-state index contributed by atoms with van der Waals surface area (Å²) in [5, 5.41) is 7.05. The van der Waals surface area contributed by atoms with Gasteiger partial charge in [0.15, 0.2) is 5.96 Å². The highest BCUT2D eigenvalue weighted by atomic mass is 16.5. The third kappa shape index (κ3) is 3.07. The van der Waals surface area contributed by atoms with E-state index in [-0.39, 0.29) is 5.41 Å². The average molecular weight is 316 g/mol. The first-order valence-electron chi connectivity index (χ1n) is 8.52. The predicted molar refractivity (Wildman–Crippen MR) is 92.6 cm³/mol. The molecule has 2 N–H and O–H groups in total. The van der Waals surface area contributed by atoms with E-state index in [2.05, 4.69) is 47.4 Å². The Balaban J connectivity index is 1.52. The summed E-state index contributed by atoms with van der Waals surface area (Å²) in [7, 11) is 1.83. The van der Waals surface area contributed by atoms with Crippen LogP contribution in [0.2, 0.25) is 0 Å². The fraction of sp³-hybridized carbons (Fsp3) is 0.667. The number of ether oxygens (including phenoxy) is 1. The van der Waals surface area contributed by atoms with Gasteiger partial charge in [0.25, 0.3) is 0 Å². The highest BCUT2D eigenvalue weighted by molar-refractivity contribution is 5.80. The molecule has 1 aromatic heterocycles. The number of hydrogen-bond donors (Lipinski definition) is 2. The van der Waals surface area contributed by atoms with Gasteiger partial charge in [-0.1, -0.05) is 13.8 Å². The smallest absolute Gasteiger partial charge is 0.191 e. The molecule has 1 saturated carbocycles. The first kappa shape index (κ1) is 16.2. The molecule has 3 atom stereocenters. The summed E-state index contributed by atoms with van der Waals surface area (Å²) in [6.45, 7) is 8.43. The van der Waals surface area contributed by atoms with Crippen LogP contribution in [0.4, 0.5) is 0 Å². The molecule has 126 valence electrons. The Morgan fingerprint density at radius 2 is 2.30 bits per heavy atom. The van der Waals surface area contributed by atoms with Crippen molar-refractivity contribution in [2.45, 2.75) is 45.8 Å². The van der Waals surface area contributed by atoms with E-state index in [1.54, 1.807) is 0 Å². The first-order chi connectivity index (χ1) is 11.0. The number of fused-ring (bicyclic) bond motifs is 1. The maximum atomic E-state index is 5.86. The fourth-order valence-corrected chi connectivity index (χ4v) is 4.06. The van der Waals surface area contributed by atoms with Crippen molar-refractivity contribution in [3.8, 4) is 0 Å². The van der Waals surface area contributed by atoms with Crippen LogP contribution in [0.5, 0.6) is 0 Å². The van der Waals surface area contributed by atoms with E-state index in [4.69, 9.17) is 4.74 Å². The van der Waals surface area contributed by atoms with Crippen LogP contribution >= 0.6 is 0 Å². The second-order valence-corrected chi connectivity index (χ2v) is 7.24. The highest BCUT2D eigenvalue weighted by Crippen LogP contribution is 2.52. The fourth-order valence-electron chi connectivity index (χ4n) is 4.06. The van der Waals surface area contributed by atoms with Gasteiger partial charge in [-0.3, -0.25) is 9.98 Å². The lowest BCUT2D eigenvalue weighted by Crippen LogP contribution is -2.68. The zero-order chi connectivity index (χ0) is 16.4. The number of rotatable bonds is 4. The molecule has 0 spiro atoms. The Morgan fingerprint density at radius 1 is 1.48 bits per heavy atom. The first-order valence-corrected chi connectivity index (χ1v) is 8.52. The van der Waals surface area contributed by atoms with Gasteiger partial charge in [0.2, 0.25) is 0 Å². The van der Waals surface area contributed by atoms with E-state index in [0.717, 1.165) is 32.0 Å². The maximum absolute atomic E-state index is 5.86. The molecule has 0 radical (unpaired) electrons. The van der Waals surface area contributed by atoms with Crippen LogP contribution in [0.3, 0.4) is 0 Å². The number of aliphatic imine (C=N–C) groups is 1. The van der Waals surface area contributed by atoms with Crippen molar-refractivity contribution in [2.24, 2.45) is 16.3 Å². The molecule has 0 bridgehead atoms. The van der Waals surface area contributed by atoms with Gasteiger partial charge in [-0.15, -0.1) is 0 Å². The normalized spacial score (nSPS) is 28.9. The van der Waals surface area contributed by atoms with Gasteiger partial charge in [0.05, 0.1) is 6.10 Å². The Hall–Kier alpha value is -1.62. The van der Waals surface area contributed by atoms with Crippen molar-refractivity contribution in [3.63, 3.8) is 0 Å². The molecule has 5 heteroatoms. The molecule has 3 rings (SSSR count). The minimum atomic E-state index is 0.167. The Morgan fingerprint density at radius 3 is 3.04 bits per heavy atom. The average Bonchev–Trinajstić information content (AvgIpc) is 2.99. The van der Waals surface area contributed by atoms with Crippen LogP contribution in [0.15, 0.2) is 23.5 Å². The largest absolute Gasteiger partial charge is 0.377 e. The molecule has 3 unspecified atom stereocenters. The van der Waals surface area contributed by atoms with E-state index in [0.29, 0.717) is 18.1 Å². The Kier molecular flexibility index (Phi) is 4.57. The Labute approximate surface area is 138 Å². The summed E-state index contributed by atoms with van der Waals surface area (Å²) < 4.78 is 5.86. The molecule has 2 heterocycles. The van der Waals surface area contributed by atoms with E-state index in [1.807, 2.05) is 19.4 Å². The van der Waals surface area contributed by atoms with E-state index >= 15 is 0 Å². The van der Waals surface area contributed by atoms with Crippen molar-refractivity contribution in [1.29, 1.82) is 0 Å². The standard InChI is InChI=1S/C18H28N4O/c1-12-11-20-8-5-13(12)6-9-21-17(19-4)22-15-14-7-10-23-16(14)18(15,2)3/h5,8,11,14-16H,6-7,9-10H2,1-4H3,(H2,19,21,22). The second kappa shape index (κ2) is 6.48. The van der Waals surface area contributed by atoms with Gasteiger partial charge >= 0.3 is 0 Å². The summed E-state index contributed by atoms with van der Waals surface area (Å²) in [4.78, 5) is 8.53. The van der Waals surface area contributed by atoms with Gasteiger partial charge in [-0.2, -0.15) is 0 Å². The van der Waals surface area contributed by atoms with Crippen molar-refractivity contribution >= 4 is 5.96 Å². The zero-order valence-electron chi connectivity index (χ0n) is 14.6. The van der Waals surface area contributed by atoms with Crippen LogP contribution < -0.4 is 10.6 Å². The molecule has 1 aromatic rings. The number of nitrogens with one attached hydrogen (secondary N) is 2. The van der Waals surface area contributed by atoms with Crippen molar-refractivity contribution < 1.29 is 4.74 Å². The predicted octanol–water partition coefficient (Wildman–Crippen LogP) is 1.91. The molecule has 2 aliphatic rings. The molecular formula is C18H28N4O. The molecule has 0 aromatic carbocycles. The summed E-state index contributed by atoms with van der Waals surface area (Å²) in [6, 6.07) is 2.52. The highest BCUT2D eigenvalue weighted by Gasteiger charge is 2.59. The minimum Gasteiger partial charge on any atom is -0.377 e. The molecular weight excluding hydrogens is 288 g/mol. The van der Waals surface area contributed by atoms with Crippen LogP contribution in [0.1, 0.15) is 31.4 Å². The zero-order valence-corrected chi connectivity index (χ0v) is 14.6. The molecule has 1 aliphatic heterocycles. The summed E-state index contributed by atoms with van der Waals surface area (Å²) in [5.41, 5.74) is 2.74. The SMILES string of the molecule is CN=C(NCCc1ccncc1C)NC1C2CCOC2C1(C)C. The summed E-state index contributed by atoms with van der Waals surface area (Å²) in [5.74, 6) is 1.51. The van der Waals surface area contributed by atoms with Crippen LogP contribution in [-0.2, 0) is 11.2 Å².